The molecule has 2 N–H and O–H groups in total. The first-order valence-corrected chi connectivity index (χ1v) is 15.2. The molecule has 39 heavy (non-hydrogen) atoms. The second-order valence-electron chi connectivity index (χ2n) is 11.4. The summed E-state index contributed by atoms with van der Waals surface area (Å²) in [5.41, 5.74) is 2.07. The topological polar surface area (TPSA) is 104 Å². The Morgan fingerprint density at radius 3 is 2.51 bits per heavy atom. The first-order valence-electron chi connectivity index (χ1n) is 13.8. The number of carbonyl (C=O) groups excluding carboxylic acids is 1. The standard InChI is InChI=1S/C29H35N5O4S/c1-3-29(11-12-29)39(36,37)32-22-7-8-23(24(19-22)33-15-13-28(9-10-28)14-16-33)27(35)31-25-5-4-6-26(30-25)34-17-18-38-21(2)20-34/h1,4-8,19,21,32H,9-18,20H2,2H3,(H,30,31,35)/t21-/m1/s1. The predicted molar refractivity (Wildman–Crippen MR) is 153 cm³/mol. The van der Waals surface area contributed by atoms with E-state index in [-0.39, 0.29) is 12.0 Å². The maximum Gasteiger partial charge on any atom is 0.258 e. The van der Waals surface area contributed by atoms with E-state index in [2.05, 4.69) is 30.7 Å². The summed E-state index contributed by atoms with van der Waals surface area (Å²) in [6.07, 6.45) is 11.3. The van der Waals surface area contributed by atoms with Crippen molar-refractivity contribution in [2.45, 2.75) is 56.3 Å². The summed E-state index contributed by atoms with van der Waals surface area (Å²) in [5.74, 6) is 3.43. The predicted octanol–water partition coefficient (Wildman–Crippen LogP) is 3.85. The first kappa shape index (κ1) is 26.0. The normalized spacial score (nSPS) is 23.1. The number of rotatable bonds is 7. The van der Waals surface area contributed by atoms with Gasteiger partial charge in [0.2, 0.25) is 10.0 Å². The van der Waals surface area contributed by atoms with Crippen LogP contribution in [0.15, 0.2) is 36.4 Å². The van der Waals surface area contributed by atoms with Gasteiger partial charge in [-0.25, -0.2) is 13.4 Å². The number of ether oxygens (including phenoxy) is 1. The third-order valence-corrected chi connectivity index (χ3v) is 10.7. The number of benzene rings is 1. The number of carbonyl (C=O) groups is 1. The van der Waals surface area contributed by atoms with E-state index < -0.39 is 14.8 Å². The number of hydrogen-bond acceptors (Lipinski definition) is 7. The molecule has 2 saturated heterocycles. The molecular formula is C29H35N5O4S. The summed E-state index contributed by atoms with van der Waals surface area (Å²) in [6.45, 7) is 5.81. The molecule has 0 radical (unpaired) electrons. The van der Waals surface area contributed by atoms with E-state index in [1.54, 1.807) is 24.3 Å². The zero-order chi connectivity index (χ0) is 27.3. The number of amides is 1. The van der Waals surface area contributed by atoms with Gasteiger partial charge in [0.15, 0.2) is 4.75 Å². The van der Waals surface area contributed by atoms with E-state index in [0.29, 0.717) is 47.6 Å². The molecule has 206 valence electrons. The molecule has 2 saturated carbocycles. The molecule has 10 heteroatoms. The van der Waals surface area contributed by atoms with Gasteiger partial charge in [0.25, 0.3) is 5.91 Å². The number of pyridine rings is 1. The van der Waals surface area contributed by atoms with Gasteiger partial charge in [-0.05, 0) is 81.2 Å². The van der Waals surface area contributed by atoms with Crippen molar-refractivity contribution in [2.75, 3.05) is 52.6 Å². The minimum absolute atomic E-state index is 0.118. The number of terminal acetylenes is 1. The van der Waals surface area contributed by atoms with Crippen molar-refractivity contribution in [3.8, 4) is 12.3 Å². The Balaban J connectivity index is 1.25. The van der Waals surface area contributed by atoms with Crippen molar-refractivity contribution in [3.05, 3.63) is 42.0 Å². The van der Waals surface area contributed by atoms with Gasteiger partial charge in [-0.1, -0.05) is 12.0 Å². The smallest absolute Gasteiger partial charge is 0.258 e. The van der Waals surface area contributed by atoms with Crippen molar-refractivity contribution in [1.82, 2.24) is 4.98 Å². The minimum Gasteiger partial charge on any atom is -0.375 e. The number of morpholine rings is 1. The van der Waals surface area contributed by atoms with Gasteiger partial charge in [-0.2, -0.15) is 0 Å². The van der Waals surface area contributed by atoms with Crippen LogP contribution in [0.5, 0.6) is 0 Å². The summed E-state index contributed by atoms with van der Waals surface area (Å²) >= 11 is 0. The third kappa shape index (κ3) is 5.18. The minimum atomic E-state index is -3.74. The third-order valence-electron chi connectivity index (χ3n) is 8.64. The van der Waals surface area contributed by atoms with Crippen molar-refractivity contribution in [3.63, 3.8) is 0 Å². The van der Waals surface area contributed by atoms with Crippen LogP contribution in [0.4, 0.5) is 23.0 Å². The average molecular weight is 550 g/mol. The number of aromatic nitrogens is 1. The van der Waals surface area contributed by atoms with Gasteiger partial charge in [-0.15, -0.1) is 6.42 Å². The zero-order valence-corrected chi connectivity index (χ0v) is 23.1. The lowest BCUT2D eigenvalue weighted by Crippen LogP contribution is -2.41. The molecular weight excluding hydrogens is 514 g/mol. The second-order valence-corrected chi connectivity index (χ2v) is 13.4. The van der Waals surface area contributed by atoms with E-state index in [9.17, 15) is 13.2 Å². The fraction of sp³-hybridized carbons (Fsp3) is 0.517. The van der Waals surface area contributed by atoms with Gasteiger partial charge < -0.3 is 19.9 Å². The quantitative estimate of drug-likeness (QED) is 0.506. The molecule has 2 aliphatic heterocycles. The fourth-order valence-corrected chi connectivity index (χ4v) is 7.11. The highest BCUT2D eigenvalue weighted by Crippen LogP contribution is 2.54. The Morgan fingerprint density at radius 2 is 1.85 bits per heavy atom. The van der Waals surface area contributed by atoms with Crippen LogP contribution in [0.25, 0.3) is 0 Å². The van der Waals surface area contributed by atoms with Gasteiger partial charge in [0.05, 0.1) is 29.6 Å². The highest BCUT2D eigenvalue weighted by Gasteiger charge is 2.53. The van der Waals surface area contributed by atoms with Crippen LogP contribution in [0, 0.1) is 17.8 Å². The molecule has 0 bridgehead atoms. The molecule has 9 nitrogen and oxygen atoms in total. The summed E-state index contributed by atoms with van der Waals surface area (Å²) < 4.78 is 33.1. The largest absolute Gasteiger partial charge is 0.375 e. The van der Waals surface area contributed by atoms with E-state index in [0.717, 1.165) is 44.8 Å². The summed E-state index contributed by atoms with van der Waals surface area (Å²) in [7, 11) is -3.74. The lowest BCUT2D eigenvalue weighted by atomic mass is 9.93. The van der Waals surface area contributed by atoms with Crippen LogP contribution in [0.3, 0.4) is 0 Å². The number of anilines is 4. The van der Waals surface area contributed by atoms with Gasteiger partial charge in [-0.3, -0.25) is 9.52 Å². The van der Waals surface area contributed by atoms with Crippen LogP contribution in [0.1, 0.15) is 55.8 Å². The molecule has 1 atom stereocenters. The van der Waals surface area contributed by atoms with E-state index in [1.165, 1.54) is 12.8 Å². The molecule has 2 aliphatic carbocycles. The Morgan fingerprint density at radius 1 is 1.08 bits per heavy atom. The molecule has 6 rings (SSSR count). The summed E-state index contributed by atoms with van der Waals surface area (Å²) in [4.78, 5) is 22.6. The van der Waals surface area contributed by atoms with Gasteiger partial charge in [0, 0.05) is 26.2 Å². The maximum absolute atomic E-state index is 13.6. The molecule has 0 unspecified atom stereocenters. The van der Waals surface area contributed by atoms with Crippen LogP contribution in [-0.2, 0) is 14.8 Å². The molecule has 1 aromatic carbocycles. The maximum atomic E-state index is 13.6. The number of hydrogen-bond donors (Lipinski definition) is 2. The van der Waals surface area contributed by atoms with Crippen molar-refractivity contribution in [2.24, 2.45) is 5.41 Å². The van der Waals surface area contributed by atoms with E-state index in [1.807, 2.05) is 19.1 Å². The van der Waals surface area contributed by atoms with Crippen LogP contribution >= 0.6 is 0 Å². The number of piperidine rings is 1. The summed E-state index contributed by atoms with van der Waals surface area (Å²) in [6, 6.07) is 10.7. The second kappa shape index (κ2) is 9.72. The summed E-state index contributed by atoms with van der Waals surface area (Å²) in [5, 5.41) is 2.97. The highest BCUT2D eigenvalue weighted by molar-refractivity contribution is 7.94. The Labute approximate surface area is 230 Å². The number of sulfonamides is 1. The van der Waals surface area contributed by atoms with E-state index in [4.69, 9.17) is 11.2 Å². The molecule has 1 amide bonds. The van der Waals surface area contributed by atoms with Crippen molar-refractivity contribution in [1.29, 1.82) is 0 Å². The van der Waals surface area contributed by atoms with Gasteiger partial charge in [0.1, 0.15) is 11.6 Å². The number of nitrogens with one attached hydrogen (secondary N) is 2. The lowest BCUT2D eigenvalue weighted by Gasteiger charge is -2.35. The molecule has 3 heterocycles. The van der Waals surface area contributed by atoms with Crippen LogP contribution < -0.4 is 19.8 Å². The number of nitrogens with zero attached hydrogens (tertiary/aromatic N) is 3. The SMILES string of the molecule is C#CC1(S(=O)(=O)Nc2ccc(C(=O)Nc3cccc(N4CCO[C@H](C)C4)n3)c(N3CCC4(CC3)CC4)c2)CC1. The Bertz CT molecular complexity index is 1420. The molecule has 4 aliphatic rings. The molecule has 2 aromatic rings. The van der Waals surface area contributed by atoms with Gasteiger partial charge >= 0.3 is 0 Å². The zero-order valence-electron chi connectivity index (χ0n) is 22.3. The molecule has 1 spiro atoms. The monoisotopic (exact) mass is 549 g/mol. The lowest BCUT2D eigenvalue weighted by molar-refractivity contribution is 0.0529. The van der Waals surface area contributed by atoms with Crippen molar-refractivity contribution >= 4 is 38.9 Å². The van der Waals surface area contributed by atoms with Crippen LogP contribution in [0.2, 0.25) is 0 Å². The Kier molecular flexibility index (Phi) is 6.47. The van der Waals surface area contributed by atoms with E-state index >= 15 is 0 Å². The average Bonchev–Trinajstić information content (AvgIpc) is 3.86. The van der Waals surface area contributed by atoms with Crippen molar-refractivity contribution < 1.29 is 17.9 Å². The molecule has 4 fully saturated rings. The Hall–Kier alpha value is -3.29. The fourth-order valence-electron chi connectivity index (χ4n) is 5.68. The molecule has 1 aromatic heterocycles. The first-order chi connectivity index (χ1) is 18.7. The van der Waals surface area contributed by atoms with Crippen LogP contribution in [-0.4, -0.2) is 62.9 Å². The highest BCUT2D eigenvalue weighted by atomic mass is 32.2.